The molecule has 0 aliphatic heterocycles. The minimum atomic E-state index is -0.645. The van der Waals surface area contributed by atoms with E-state index in [0.717, 1.165) is 25.7 Å². The summed E-state index contributed by atoms with van der Waals surface area (Å²) in [7, 11) is 1.83. The van der Waals surface area contributed by atoms with Gasteiger partial charge in [-0.3, -0.25) is 9.69 Å². The Balaban J connectivity index is 1.86. The second-order valence-electron chi connectivity index (χ2n) is 5.89. The number of hydrogen-bond donors (Lipinski definition) is 3. The van der Waals surface area contributed by atoms with E-state index in [9.17, 15) is 9.90 Å². The third-order valence-corrected chi connectivity index (χ3v) is 4.09. The molecular formula is C15H22ClN3O2. The van der Waals surface area contributed by atoms with Crippen molar-refractivity contribution >= 4 is 28.9 Å². The number of halogens is 1. The number of nitrogen functional groups attached to an aromatic ring is 1. The van der Waals surface area contributed by atoms with Gasteiger partial charge in [-0.1, -0.05) is 24.4 Å². The molecule has 0 unspecified atom stereocenters. The third kappa shape index (κ3) is 4.59. The van der Waals surface area contributed by atoms with Crippen molar-refractivity contribution in [2.45, 2.75) is 31.3 Å². The predicted molar refractivity (Wildman–Crippen MR) is 85.4 cm³/mol. The van der Waals surface area contributed by atoms with Crippen LogP contribution in [0.5, 0.6) is 0 Å². The Labute approximate surface area is 130 Å². The van der Waals surface area contributed by atoms with E-state index >= 15 is 0 Å². The fourth-order valence-corrected chi connectivity index (χ4v) is 3.05. The maximum atomic E-state index is 12.0. The first-order valence-corrected chi connectivity index (χ1v) is 7.52. The predicted octanol–water partition coefficient (Wildman–Crippen LogP) is 2.10. The summed E-state index contributed by atoms with van der Waals surface area (Å²) in [5, 5.41) is 13.5. The van der Waals surface area contributed by atoms with Crippen LogP contribution in [0, 0.1) is 0 Å². The Morgan fingerprint density at radius 2 is 2.14 bits per heavy atom. The fourth-order valence-electron chi connectivity index (χ4n) is 2.82. The van der Waals surface area contributed by atoms with Gasteiger partial charge in [0.15, 0.2) is 0 Å². The molecule has 6 heteroatoms. The molecule has 2 rings (SSSR count). The first-order valence-electron chi connectivity index (χ1n) is 7.14. The van der Waals surface area contributed by atoms with Crippen LogP contribution in [-0.2, 0) is 4.79 Å². The third-order valence-electron chi connectivity index (χ3n) is 3.78. The number of nitrogens with one attached hydrogen (secondary N) is 1. The molecule has 0 heterocycles. The van der Waals surface area contributed by atoms with Crippen molar-refractivity contribution in [1.82, 2.24) is 4.90 Å². The Morgan fingerprint density at radius 3 is 2.76 bits per heavy atom. The van der Waals surface area contributed by atoms with Crippen LogP contribution in [0.1, 0.15) is 25.7 Å². The minimum Gasteiger partial charge on any atom is -0.399 e. The number of nitrogens with zero attached hydrogens (tertiary/aromatic N) is 1. The van der Waals surface area contributed by atoms with Crippen LogP contribution in [0.25, 0.3) is 0 Å². The first-order chi connectivity index (χ1) is 9.88. The topological polar surface area (TPSA) is 78.6 Å². The molecule has 0 radical (unpaired) electrons. The van der Waals surface area contributed by atoms with E-state index in [1.807, 2.05) is 11.9 Å². The molecule has 1 fully saturated rings. The lowest BCUT2D eigenvalue weighted by molar-refractivity contribution is -0.117. The number of amides is 1. The molecule has 1 aromatic carbocycles. The smallest absolute Gasteiger partial charge is 0.238 e. The van der Waals surface area contributed by atoms with Gasteiger partial charge in [-0.15, -0.1) is 0 Å². The van der Waals surface area contributed by atoms with Crippen molar-refractivity contribution in [2.24, 2.45) is 0 Å². The zero-order valence-electron chi connectivity index (χ0n) is 12.2. The molecular weight excluding hydrogens is 290 g/mol. The molecule has 1 aliphatic carbocycles. The maximum Gasteiger partial charge on any atom is 0.238 e. The molecule has 0 saturated heterocycles. The molecule has 1 aliphatic rings. The second-order valence-corrected chi connectivity index (χ2v) is 6.30. The Morgan fingerprint density at radius 1 is 1.48 bits per heavy atom. The number of hydrogen-bond acceptors (Lipinski definition) is 4. The summed E-state index contributed by atoms with van der Waals surface area (Å²) in [5.74, 6) is -0.161. The van der Waals surface area contributed by atoms with Gasteiger partial charge in [0.1, 0.15) is 0 Å². The van der Waals surface area contributed by atoms with Crippen molar-refractivity contribution in [3.05, 3.63) is 23.2 Å². The summed E-state index contributed by atoms with van der Waals surface area (Å²) >= 11 is 6.02. The molecule has 1 saturated carbocycles. The van der Waals surface area contributed by atoms with E-state index in [1.165, 1.54) is 0 Å². The number of carbonyl (C=O) groups excluding carboxylic acids is 1. The average molecular weight is 312 g/mol. The molecule has 1 aromatic rings. The lowest BCUT2D eigenvalue weighted by atomic mass is 10.0. The van der Waals surface area contributed by atoms with Crippen molar-refractivity contribution < 1.29 is 9.90 Å². The second kappa shape index (κ2) is 6.64. The molecule has 0 bridgehead atoms. The summed E-state index contributed by atoms with van der Waals surface area (Å²) in [6.07, 6.45) is 3.72. The van der Waals surface area contributed by atoms with Gasteiger partial charge in [-0.05, 0) is 38.1 Å². The standard InChI is InChI=1S/C15H22ClN3O2/c1-19(10-15(21)6-2-3-7-15)9-14(20)18-13-5-4-11(17)8-12(13)16/h4-5,8,21H,2-3,6-7,9-10,17H2,1H3,(H,18,20). The highest BCUT2D eigenvalue weighted by Gasteiger charge is 2.32. The van der Waals surface area contributed by atoms with Gasteiger partial charge in [-0.25, -0.2) is 0 Å². The van der Waals surface area contributed by atoms with Crippen LogP contribution < -0.4 is 11.1 Å². The first kappa shape index (κ1) is 16.1. The van der Waals surface area contributed by atoms with Crippen molar-refractivity contribution in [1.29, 1.82) is 0 Å². The molecule has 21 heavy (non-hydrogen) atoms. The molecule has 0 spiro atoms. The molecule has 1 amide bonds. The monoisotopic (exact) mass is 311 g/mol. The summed E-state index contributed by atoms with van der Waals surface area (Å²) in [5.41, 5.74) is 6.07. The van der Waals surface area contributed by atoms with Crippen LogP contribution >= 0.6 is 11.6 Å². The largest absolute Gasteiger partial charge is 0.399 e. The highest BCUT2D eigenvalue weighted by molar-refractivity contribution is 6.34. The summed E-state index contributed by atoms with van der Waals surface area (Å²) in [6.45, 7) is 0.721. The van der Waals surface area contributed by atoms with Crippen LogP contribution in [-0.4, -0.2) is 41.7 Å². The van der Waals surface area contributed by atoms with Gasteiger partial charge < -0.3 is 16.2 Å². The molecule has 5 nitrogen and oxygen atoms in total. The van der Waals surface area contributed by atoms with Gasteiger partial charge in [0, 0.05) is 12.2 Å². The molecule has 116 valence electrons. The van der Waals surface area contributed by atoms with E-state index in [-0.39, 0.29) is 12.5 Å². The van der Waals surface area contributed by atoms with Crippen LogP contribution in [0.3, 0.4) is 0 Å². The Kier molecular flexibility index (Phi) is 5.08. The van der Waals surface area contributed by atoms with Crippen molar-refractivity contribution in [3.8, 4) is 0 Å². The summed E-state index contributed by atoms with van der Waals surface area (Å²) in [6, 6.07) is 4.97. The quantitative estimate of drug-likeness (QED) is 0.728. The van der Waals surface area contributed by atoms with Crippen LogP contribution in [0.4, 0.5) is 11.4 Å². The highest BCUT2D eigenvalue weighted by atomic mass is 35.5. The molecule has 0 aromatic heterocycles. The molecule has 0 atom stereocenters. The lowest BCUT2D eigenvalue weighted by Crippen LogP contribution is -2.42. The zero-order valence-corrected chi connectivity index (χ0v) is 13.0. The number of likely N-dealkylation sites (N-methyl/N-ethyl adjacent to an activating group) is 1. The van der Waals surface area contributed by atoms with E-state index in [1.54, 1.807) is 18.2 Å². The van der Waals surface area contributed by atoms with E-state index in [2.05, 4.69) is 5.32 Å². The number of nitrogens with two attached hydrogens (primary N) is 1. The zero-order chi connectivity index (χ0) is 15.5. The minimum absolute atomic E-state index is 0.161. The maximum absolute atomic E-state index is 12.0. The van der Waals surface area contributed by atoms with Crippen LogP contribution in [0.2, 0.25) is 5.02 Å². The van der Waals surface area contributed by atoms with Gasteiger partial charge in [-0.2, -0.15) is 0 Å². The van der Waals surface area contributed by atoms with Gasteiger partial charge >= 0.3 is 0 Å². The average Bonchev–Trinajstić information content (AvgIpc) is 2.78. The number of anilines is 2. The number of benzene rings is 1. The van der Waals surface area contributed by atoms with Gasteiger partial charge in [0.25, 0.3) is 0 Å². The summed E-state index contributed by atoms with van der Waals surface area (Å²) < 4.78 is 0. The number of aliphatic hydroxyl groups is 1. The summed E-state index contributed by atoms with van der Waals surface area (Å²) in [4.78, 5) is 13.9. The van der Waals surface area contributed by atoms with Crippen molar-refractivity contribution in [2.75, 3.05) is 31.2 Å². The van der Waals surface area contributed by atoms with E-state index < -0.39 is 5.60 Å². The Bertz CT molecular complexity index is 516. The number of carbonyl (C=O) groups is 1. The van der Waals surface area contributed by atoms with Crippen LogP contribution in [0.15, 0.2) is 18.2 Å². The van der Waals surface area contributed by atoms with E-state index in [4.69, 9.17) is 17.3 Å². The Hall–Kier alpha value is -1.30. The van der Waals surface area contributed by atoms with E-state index in [0.29, 0.717) is 22.9 Å². The van der Waals surface area contributed by atoms with Gasteiger partial charge in [0.05, 0.1) is 22.9 Å². The normalized spacial score (nSPS) is 17.1. The van der Waals surface area contributed by atoms with Gasteiger partial charge in [0.2, 0.25) is 5.91 Å². The highest BCUT2D eigenvalue weighted by Crippen LogP contribution is 2.30. The lowest BCUT2D eigenvalue weighted by Gasteiger charge is -2.28. The molecule has 4 N–H and O–H groups in total. The number of rotatable bonds is 5. The fraction of sp³-hybridized carbons (Fsp3) is 0.533. The van der Waals surface area contributed by atoms with Crippen molar-refractivity contribution in [3.63, 3.8) is 0 Å². The SMILES string of the molecule is CN(CC(=O)Nc1ccc(N)cc1Cl)CC1(O)CCCC1.